The van der Waals surface area contributed by atoms with Crippen molar-refractivity contribution < 1.29 is 30.0 Å². The molecule has 4 heterocycles. The fraction of sp³-hybridized carbons (Fsp3) is 0.535. The summed E-state index contributed by atoms with van der Waals surface area (Å²) in [4.78, 5) is 34.0. The average molecular weight is 755 g/mol. The molecule has 0 radical (unpaired) electrons. The summed E-state index contributed by atoms with van der Waals surface area (Å²) in [5.41, 5.74) is 4.64. The van der Waals surface area contributed by atoms with Gasteiger partial charge >= 0.3 is 12.1 Å². The first-order valence-corrected chi connectivity index (χ1v) is 20.1. The van der Waals surface area contributed by atoms with Crippen molar-refractivity contribution in [2.45, 2.75) is 81.4 Å². The minimum atomic E-state index is -1.24. The zero-order valence-corrected chi connectivity index (χ0v) is 31.9. The normalized spacial score (nSPS) is 22.6. The van der Waals surface area contributed by atoms with Crippen LogP contribution in [-0.2, 0) is 38.0 Å². The smallest absolute Gasteiger partial charge is 0.317 e. The maximum atomic E-state index is 13.2. The van der Waals surface area contributed by atoms with E-state index in [0.29, 0.717) is 70.4 Å². The highest BCUT2D eigenvalue weighted by molar-refractivity contribution is 5.75. The molecule has 12 heteroatoms. The van der Waals surface area contributed by atoms with Crippen LogP contribution in [0.15, 0.2) is 72.8 Å². The highest BCUT2D eigenvalue weighted by Crippen LogP contribution is 2.34. The number of carbonyl (C=O) groups is 2. The van der Waals surface area contributed by atoms with Crippen LogP contribution in [0.1, 0.15) is 59.1 Å². The highest BCUT2D eigenvalue weighted by atomic mass is 16.3. The number of urea groups is 2. The van der Waals surface area contributed by atoms with Crippen LogP contribution in [0.4, 0.5) is 9.59 Å². The number of β-amino-alcohol motifs (C(OH)–C–C–N with tert-alkyl or cyclic N) is 3. The Kier molecular flexibility index (Phi) is 12.4. The SMILES string of the molecule is O=C(NC[C@H](O)CN1CCc2ccccc2C1)N1CCC(O)(Cc2cccc(C3(O)CCCN(C(=O)NC[C@H](O)CN4CCc5ccccc5C4)C3)c2)CC1. The maximum absolute atomic E-state index is 13.2. The summed E-state index contributed by atoms with van der Waals surface area (Å²) in [5.74, 6) is 0. The van der Waals surface area contributed by atoms with Gasteiger partial charge in [0.25, 0.3) is 0 Å². The van der Waals surface area contributed by atoms with Crippen LogP contribution >= 0.6 is 0 Å². The zero-order valence-electron chi connectivity index (χ0n) is 31.9. The number of hydrogen-bond acceptors (Lipinski definition) is 8. The standard InChI is InChI=1S/C43H58N6O6/c50-38(29-46-19-13-33-8-1-3-10-35(33)27-46)25-44-40(52)48-21-16-42(54,17-22-48)24-32-7-5-12-37(23-32)43(55)15-6-18-49(31-43)41(53)45-26-39(51)30-47-20-14-34-9-2-4-11-36(34)28-47/h1-5,7-12,23,38-39,50-51,54-55H,6,13-22,24-31H2,(H,44,52)(H,45,53)/t38-,39-,43?/m0/s1. The van der Waals surface area contributed by atoms with Crippen LogP contribution in [0.25, 0.3) is 0 Å². The van der Waals surface area contributed by atoms with Crippen LogP contribution in [0.3, 0.4) is 0 Å². The first kappa shape index (κ1) is 39.2. The molecule has 0 spiro atoms. The van der Waals surface area contributed by atoms with Crippen LogP contribution in [0.2, 0.25) is 0 Å². The largest absolute Gasteiger partial charge is 0.390 e. The summed E-state index contributed by atoms with van der Waals surface area (Å²) in [6.45, 7) is 6.06. The number of aliphatic hydroxyl groups excluding tert-OH is 2. The summed E-state index contributed by atoms with van der Waals surface area (Å²) in [6, 6.07) is 23.9. The molecule has 7 rings (SSSR count). The number of likely N-dealkylation sites (tertiary alicyclic amines) is 2. The van der Waals surface area contributed by atoms with Gasteiger partial charge in [-0.15, -0.1) is 0 Å². The number of rotatable bonds is 11. The number of aliphatic hydroxyl groups is 4. The van der Waals surface area contributed by atoms with Gasteiger partial charge in [0.15, 0.2) is 0 Å². The Bertz CT molecular complexity index is 1780. The second-order valence-electron chi connectivity index (χ2n) is 16.3. The molecule has 1 unspecified atom stereocenters. The van der Waals surface area contributed by atoms with Gasteiger partial charge in [0.2, 0.25) is 0 Å². The highest BCUT2D eigenvalue weighted by Gasteiger charge is 2.38. The fourth-order valence-corrected chi connectivity index (χ4v) is 8.88. The van der Waals surface area contributed by atoms with E-state index < -0.39 is 23.4 Å². The molecule has 0 aromatic heterocycles. The van der Waals surface area contributed by atoms with Gasteiger partial charge in [-0.25, -0.2) is 9.59 Å². The van der Waals surface area contributed by atoms with Crippen molar-refractivity contribution in [3.8, 4) is 0 Å². The van der Waals surface area contributed by atoms with Gasteiger partial charge < -0.3 is 40.9 Å². The van der Waals surface area contributed by atoms with Crippen molar-refractivity contribution in [1.82, 2.24) is 30.2 Å². The number of piperidine rings is 2. The Morgan fingerprint density at radius 2 is 1.20 bits per heavy atom. The summed E-state index contributed by atoms with van der Waals surface area (Å²) in [7, 11) is 0. The first-order chi connectivity index (χ1) is 26.5. The molecule has 6 N–H and O–H groups in total. The lowest BCUT2D eigenvalue weighted by Gasteiger charge is -2.40. The molecule has 3 aromatic rings. The third-order valence-electron chi connectivity index (χ3n) is 12.1. The van der Waals surface area contributed by atoms with E-state index in [-0.39, 0.29) is 31.7 Å². The molecule has 0 bridgehead atoms. The predicted octanol–water partition coefficient (Wildman–Crippen LogP) is 2.60. The van der Waals surface area contributed by atoms with Crippen molar-refractivity contribution >= 4 is 12.1 Å². The van der Waals surface area contributed by atoms with Gasteiger partial charge in [0, 0.05) is 78.4 Å². The lowest BCUT2D eigenvalue weighted by atomic mass is 9.82. The molecule has 0 aliphatic carbocycles. The Balaban J connectivity index is 0.842. The molecule has 296 valence electrons. The number of fused-ring (bicyclic) bond motifs is 2. The van der Waals surface area contributed by atoms with Gasteiger partial charge in [-0.3, -0.25) is 9.80 Å². The van der Waals surface area contributed by atoms with E-state index in [0.717, 1.165) is 44.6 Å². The number of amides is 4. The molecule has 4 aliphatic rings. The summed E-state index contributed by atoms with van der Waals surface area (Å²) < 4.78 is 0. The topological polar surface area (TPSA) is 152 Å². The van der Waals surface area contributed by atoms with E-state index in [1.807, 2.05) is 36.4 Å². The molecule has 0 saturated carbocycles. The van der Waals surface area contributed by atoms with E-state index >= 15 is 0 Å². The number of nitrogens with zero attached hydrogens (tertiary/aromatic N) is 4. The average Bonchev–Trinajstić information content (AvgIpc) is 3.19. The Morgan fingerprint density at radius 1 is 0.655 bits per heavy atom. The maximum Gasteiger partial charge on any atom is 0.317 e. The number of hydrogen-bond donors (Lipinski definition) is 6. The van der Waals surface area contributed by atoms with Crippen LogP contribution in [-0.4, -0.2) is 135 Å². The summed E-state index contributed by atoms with van der Waals surface area (Å²) in [5, 5.41) is 50.6. The summed E-state index contributed by atoms with van der Waals surface area (Å²) in [6.07, 6.45) is 2.87. The minimum absolute atomic E-state index is 0.135. The second kappa shape index (κ2) is 17.4. The van der Waals surface area contributed by atoms with Crippen LogP contribution < -0.4 is 10.6 Å². The van der Waals surface area contributed by atoms with Crippen molar-refractivity contribution in [3.63, 3.8) is 0 Å². The second-order valence-corrected chi connectivity index (χ2v) is 16.3. The van der Waals surface area contributed by atoms with Crippen molar-refractivity contribution in [3.05, 3.63) is 106 Å². The Hall–Kier alpha value is -4.04. The van der Waals surface area contributed by atoms with Gasteiger partial charge in [0.1, 0.15) is 5.60 Å². The monoisotopic (exact) mass is 754 g/mol. The minimum Gasteiger partial charge on any atom is -0.390 e. The lowest BCUT2D eigenvalue weighted by molar-refractivity contribution is -0.0240. The van der Waals surface area contributed by atoms with Gasteiger partial charge in [-0.1, -0.05) is 72.8 Å². The van der Waals surface area contributed by atoms with Gasteiger partial charge in [0.05, 0.1) is 24.4 Å². The van der Waals surface area contributed by atoms with Crippen LogP contribution in [0, 0.1) is 0 Å². The van der Waals surface area contributed by atoms with E-state index in [9.17, 15) is 30.0 Å². The molecule has 2 saturated heterocycles. The molecule has 3 aromatic carbocycles. The number of benzene rings is 3. The van der Waals surface area contributed by atoms with E-state index in [1.165, 1.54) is 22.3 Å². The van der Waals surface area contributed by atoms with Crippen molar-refractivity contribution in [2.75, 3.05) is 65.4 Å². The quantitative estimate of drug-likeness (QED) is 0.175. The van der Waals surface area contributed by atoms with E-state index in [1.54, 1.807) is 9.80 Å². The Morgan fingerprint density at radius 3 is 1.78 bits per heavy atom. The van der Waals surface area contributed by atoms with Crippen molar-refractivity contribution in [2.24, 2.45) is 0 Å². The van der Waals surface area contributed by atoms with E-state index in [4.69, 9.17) is 0 Å². The zero-order chi connectivity index (χ0) is 38.4. The first-order valence-electron chi connectivity index (χ1n) is 20.1. The fourth-order valence-electron chi connectivity index (χ4n) is 8.88. The molecule has 3 atom stereocenters. The molecular weight excluding hydrogens is 697 g/mol. The number of nitrogens with one attached hydrogen (secondary N) is 2. The Labute approximate surface area is 324 Å². The van der Waals surface area contributed by atoms with Gasteiger partial charge in [-0.05, 0) is 71.9 Å². The molecule has 2 fully saturated rings. The summed E-state index contributed by atoms with van der Waals surface area (Å²) >= 11 is 0. The molecular formula is C43H58N6O6. The molecule has 4 aliphatic heterocycles. The molecule has 12 nitrogen and oxygen atoms in total. The predicted molar refractivity (Wildman–Crippen MR) is 210 cm³/mol. The van der Waals surface area contributed by atoms with Gasteiger partial charge in [-0.2, -0.15) is 0 Å². The third-order valence-corrected chi connectivity index (χ3v) is 12.1. The molecule has 4 amide bonds. The van der Waals surface area contributed by atoms with Crippen LogP contribution in [0.5, 0.6) is 0 Å². The third kappa shape index (κ3) is 10.0. The molecule has 55 heavy (non-hydrogen) atoms. The lowest BCUT2D eigenvalue weighted by Crippen LogP contribution is -2.53. The van der Waals surface area contributed by atoms with Crippen molar-refractivity contribution in [1.29, 1.82) is 0 Å². The van der Waals surface area contributed by atoms with E-state index in [2.05, 4.69) is 56.8 Å². The number of carbonyl (C=O) groups excluding carboxylic acids is 2.